The predicted molar refractivity (Wildman–Crippen MR) is 224 cm³/mol. The van der Waals surface area contributed by atoms with E-state index in [9.17, 15) is 21.0 Å². The van der Waals surface area contributed by atoms with E-state index in [-0.39, 0.29) is 32.8 Å². The van der Waals surface area contributed by atoms with Crippen LogP contribution in [0.25, 0.3) is 65.7 Å². The zero-order valence-corrected chi connectivity index (χ0v) is 33.7. The Bertz CT molecular complexity index is 2540. The first kappa shape index (κ1) is 37.8. The van der Waals surface area contributed by atoms with Crippen LogP contribution in [-0.2, 0) is 21.7 Å². The fourth-order valence-electron chi connectivity index (χ4n) is 7.47. The van der Waals surface area contributed by atoms with Crippen molar-refractivity contribution >= 4 is 43.5 Å². The van der Waals surface area contributed by atoms with Crippen molar-refractivity contribution < 1.29 is 0 Å². The van der Waals surface area contributed by atoms with Crippen molar-refractivity contribution in [3.63, 3.8) is 0 Å². The molecule has 4 heteroatoms. The van der Waals surface area contributed by atoms with Gasteiger partial charge in [0.2, 0.25) is 0 Å². The van der Waals surface area contributed by atoms with E-state index >= 15 is 0 Å². The lowest BCUT2D eigenvalue weighted by atomic mass is 9.77. The maximum atomic E-state index is 10.3. The first-order valence-electron chi connectivity index (χ1n) is 18.6. The van der Waals surface area contributed by atoms with Gasteiger partial charge in [0.15, 0.2) is 0 Å². The maximum Gasteiger partial charge on any atom is 0.137 e. The summed E-state index contributed by atoms with van der Waals surface area (Å²) in [6.07, 6.45) is 0. The zero-order chi connectivity index (χ0) is 39.7. The smallest absolute Gasteiger partial charge is 0.137 e. The van der Waals surface area contributed by atoms with Crippen molar-refractivity contribution in [2.24, 2.45) is 0 Å². The van der Waals surface area contributed by atoms with Crippen LogP contribution in [0.2, 0.25) is 0 Å². The summed E-state index contributed by atoms with van der Waals surface area (Å²) >= 11 is 0. The average molecular weight is 705 g/mol. The monoisotopic (exact) mass is 704 g/mol. The molecule has 0 aromatic heterocycles. The molecule has 0 atom stereocenters. The maximum absolute atomic E-state index is 10.3. The molecule has 0 spiro atoms. The summed E-state index contributed by atoms with van der Waals surface area (Å²) in [4.78, 5) is 0. The summed E-state index contributed by atoms with van der Waals surface area (Å²) in [7, 11) is 0. The summed E-state index contributed by atoms with van der Waals surface area (Å²) in [5, 5.41) is 47.7. The Kier molecular flexibility index (Phi) is 9.01. The quantitative estimate of drug-likeness (QED) is 0.168. The van der Waals surface area contributed by atoms with Crippen LogP contribution in [0, 0.1) is 45.3 Å². The molecular weight excluding hydrogens is 657 g/mol. The van der Waals surface area contributed by atoms with Gasteiger partial charge in [0.25, 0.3) is 0 Å². The minimum Gasteiger partial charge on any atom is -0.192 e. The topological polar surface area (TPSA) is 95.2 Å². The minimum absolute atomic E-state index is 0.0339. The Labute approximate surface area is 320 Å². The molecule has 4 nitrogen and oxygen atoms in total. The third-order valence-electron chi connectivity index (χ3n) is 10.8. The molecular formula is C50H48N4. The van der Waals surface area contributed by atoms with Gasteiger partial charge in [-0.2, -0.15) is 21.0 Å². The minimum atomic E-state index is -0.128. The van der Waals surface area contributed by atoms with Crippen molar-refractivity contribution in [1.29, 1.82) is 21.0 Å². The van der Waals surface area contributed by atoms with Crippen molar-refractivity contribution in [1.82, 2.24) is 0 Å². The van der Waals surface area contributed by atoms with Crippen LogP contribution in [0.1, 0.15) is 105 Å². The molecule has 0 aliphatic heterocycles. The highest BCUT2D eigenvalue weighted by Gasteiger charge is 2.25. The Balaban J connectivity index is 1.93. The lowest BCUT2D eigenvalue weighted by Crippen LogP contribution is -2.17. The van der Waals surface area contributed by atoms with Gasteiger partial charge in [-0.15, -0.1) is 0 Å². The molecule has 268 valence electrons. The summed E-state index contributed by atoms with van der Waals surface area (Å²) in [6, 6.07) is 34.5. The SMILES string of the molecule is CC(C)(C)c1cc(-c2cc(=C(C#N)C#N)c3ccc4c(=C(C#N)C#N)cc(-c5cc(C(C)(C)C)cc(C(C)(C)C)c5)c5ccc2c3c54)cc(C(C)(C)C)c1. The Hall–Kier alpha value is -5.94. The molecule has 0 N–H and O–H groups in total. The molecule has 0 amide bonds. The van der Waals surface area contributed by atoms with Crippen LogP contribution in [0.5, 0.6) is 0 Å². The molecule has 0 unspecified atom stereocenters. The third kappa shape index (κ3) is 6.49. The van der Waals surface area contributed by atoms with Gasteiger partial charge in [-0.3, -0.25) is 0 Å². The standard InChI is InChI=1S/C50H48N4/c1-47(2,3)33-17-29(18-34(21-33)48(4,5)6)41-23-43(31(25-51)26-52)39-15-16-40-44(32(27-53)28-54)24-42(38-14-13-37(41)45(39)46(38)40)30-19-35(49(7,8)9)22-36(20-30)50(10,11)12/h13-24H,1-12H3. The van der Waals surface area contributed by atoms with E-state index in [4.69, 9.17) is 0 Å². The molecule has 0 heterocycles. The van der Waals surface area contributed by atoms with Gasteiger partial charge >= 0.3 is 0 Å². The van der Waals surface area contributed by atoms with E-state index in [2.05, 4.69) is 156 Å². The van der Waals surface area contributed by atoms with Gasteiger partial charge in [-0.25, -0.2) is 0 Å². The molecule has 0 saturated carbocycles. The molecule has 6 rings (SSSR count). The van der Waals surface area contributed by atoms with Gasteiger partial charge in [0, 0.05) is 10.4 Å². The number of nitrogens with zero attached hydrogens (tertiary/aromatic N) is 4. The first-order valence-corrected chi connectivity index (χ1v) is 18.6. The van der Waals surface area contributed by atoms with E-state index < -0.39 is 0 Å². The van der Waals surface area contributed by atoms with Crippen LogP contribution in [0.3, 0.4) is 0 Å². The number of rotatable bonds is 2. The number of benzene rings is 6. The molecule has 0 radical (unpaired) electrons. The lowest BCUT2D eigenvalue weighted by Gasteiger charge is -2.27. The highest BCUT2D eigenvalue weighted by molar-refractivity contribution is 6.28. The molecule has 6 aromatic rings. The number of nitriles is 4. The van der Waals surface area contributed by atoms with Crippen molar-refractivity contribution in [3.05, 3.63) is 105 Å². The van der Waals surface area contributed by atoms with Crippen molar-refractivity contribution in [3.8, 4) is 46.5 Å². The zero-order valence-electron chi connectivity index (χ0n) is 33.7. The van der Waals surface area contributed by atoms with Gasteiger partial charge in [0.1, 0.15) is 35.4 Å². The molecule has 0 bridgehead atoms. The van der Waals surface area contributed by atoms with E-state index in [1.807, 2.05) is 24.3 Å². The second-order valence-electron chi connectivity index (χ2n) is 18.8. The average Bonchev–Trinajstić information content (AvgIpc) is 3.10. The predicted octanol–water partition coefficient (Wildman–Crippen LogP) is 11.5. The highest BCUT2D eigenvalue weighted by Crippen LogP contribution is 2.43. The van der Waals surface area contributed by atoms with Crippen LogP contribution < -0.4 is 10.4 Å². The number of hydrogen-bond acceptors (Lipinski definition) is 4. The molecule has 0 fully saturated rings. The van der Waals surface area contributed by atoms with E-state index in [0.717, 1.165) is 54.6 Å². The molecule has 0 aliphatic rings. The van der Waals surface area contributed by atoms with Crippen LogP contribution in [-0.4, -0.2) is 0 Å². The van der Waals surface area contributed by atoms with Crippen LogP contribution >= 0.6 is 0 Å². The summed E-state index contributed by atoms with van der Waals surface area (Å²) in [5.74, 6) is 0. The van der Waals surface area contributed by atoms with Crippen molar-refractivity contribution in [2.75, 3.05) is 0 Å². The van der Waals surface area contributed by atoms with Crippen LogP contribution in [0.4, 0.5) is 0 Å². The van der Waals surface area contributed by atoms with Crippen LogP contribution in [0.15, 0.2) is 72.8 Å². The molecule has 0 aliphatic carbocycles. The third-order valence-corrected chi connectivity index (χ3v) is 10.8. The summed E-state index contributed by atoms with van der Waals surface area (Å²) < 4.78 is 0. The number of hydrogen-bond donors (Lipinski definition) is 0. The van der Waals surface area contributed by atoms with E-state index in [1.54, 1.807) is 0 Å². The summed E-state index contributed by atoms with van der Waals surface area (Å²) in [6.45, 7) is 26.6. The molecule has 54 heavy (non-hydrogen) atoms. The first-order chi connectivity index (χ1) is 25.1. The molecule has 6 aromatic carbocycles. The van der Waals surface area contributed by atoms with E-state index in [1.165, 1.54) is 22.3 Å². The lowest BCUT2D eigenvalue weighted by molar-refractivity contribution is 0.568. The fourth-order valence-corrected chi connectivity index (χ4v) is 7.47. The second-order valence-corrected chi connectivity index (χ2v) is 18.8. The highest BCUT2D eigenvalue weighted by atomic mass is 14.3. The van der Waals surface area contributed by atoms with Gasteiger partial charge < -0.3 is 0 Å². The van der Waals surface area contributed by atoms with Gasteiger partial charge in [0.05, 0.1) is 0 Å². The Morgan fingerprint density at radius 2 is 0.630 bits per heavy atom. The molecule has 0 saturated heterocycles. The summed E-state index contributed by atoms with van der Waals surface area (Å²) in [5.41, 5.74) is 8.21. The van der Waals surface area contributed by atoms with E-state index in [0.29, 0.717) is 10.4 Å². The van der Waals surface area contributed by atoms with Gasteiger partial charge in [-0.1, -0.05) is 144 Å². The largest absolute Gasteiger partial charge is 0.192 e. The fraction of sp³-hybridized carbons (Fsp3) is 0.320. The Morgan fingerprint density at radius 1 is 0.370 bits per heavy atom. The normalized spacial score (nSPS) is 12.4. The van der Waals surface area contributed by atoms with Crippen molar-refractivity contribution in [2.45, 2.75) is 105 Å². The second kappa shape index (κ2) is 12.9. The van der Waals surface area contributed by atoms with Gasteiger partial charge in [-0.05, 0) is 111 Å². The Morgan fingerprint density at radius 3 is 0.870 bits per heavy atom.